The highest BCUT2D eigenvalue weighted by molar-refractivity contribution is 7.10. The number of benzene rings is 1. The van der Waals surface area contributed by atoms with E-state index in [4.69, 9.17) is 5.73 Å². The zero-order valence-electron chi connectivity index (χ0n) is 10.7. The molecule has 102 valence electrons. The number of nitrogens with one attached hydrogen (secondary N) is 1. The topological polar surface area (TPSA) is 75.3 Å². The van der Waals surface area contributed by atoms with Gasteiger partial charge in [0.2, 0.25) is 0 Å². The predicted octanol–water partition coefficient (Wildman–Crippen LogP) is 1.69. The summed E-state index contributed by atoms with van der Waals surface area (Å²) in [5.41, 5.74) is 6.75. The molecule has 0 aliphatic carbocycles. The summed E-state index contributed by atoms with van der Waals surface area (Å²) in [7, 11) is 0. The van der Waals surface area contributed by atoms with E-state index in [0.29, 0.717) is 18.7 Å². The maximum atomic E-state index is 11.9. The first-order valence-corrected chi connectivity index (χ1v) is 6.91. The van der Waals surface area contributed by atoms with E-state index >= 15 is 0 Å². The minimum Gasteiger partial charge on any atom is -0.508 e. The molecule has 0 aliphatic heterocycles. The van der Waals surface area contributed by atoms with Crippen molar-refractivity contribution in [1.29, 1.82) is 0 Å². The second-order valence-electron chi connectivity index (χ2n) is 3.99. The van der Waals surface area contributed by atoms with Crippen LogP contribution in [0.4, 0.5) is 0 Å². The van der Waals surface area contributed by atoms with Crippen LogP contribution < -0.4 is 11.1 Å². The first-order valence-electron chi connectivity index (χ1n) is 6.03. The second-order valence-corrected chi connectivity index (χ2v) is 4.99. The number of carbonyl (C=O) groups excluding carboxylic acids is 1. The maximum Gasteiger partial charge on any atom is 0.251 e. The largest absolute Gasteiger partial charge is 0.508 e. The van der Waals surface area contributed by atoms with Gasteiger partial charge in [0.1, 0.15) is 5.75 Å². The van der Waals surface area contributed by atoms with Gasteiger partial charge in [0.15, 0.2) is 0 Å². The second kappa shape index (κ2) is 6.75. The summed E-state index contributed by atoms with van der Waals surface area (Å²) in [5.74, 6) is 5.73. The smallest absolute Gasteiger partial charge is 0.251 e. The molecule has 0 saturated heterocycles. The van der Waals surface area contributed by atoms with Crippen molar-refractivity contribution >= 4 is 17.2 Å². The highest BCUT2D eigenvalue weighted by Crippen LogP contribution is 2.16. The molecule has 0 aliphatic rings. The van der Waals surface area contributed by atoms with E-state index in [1.807, 2.05) is 11.4 Å². The van der Waals surface area contributed by atoms with Gasteiger partial charge in [-0.25, -0.2) is 0 Å². The Balaban J connectivity index is 2.00. The molecule has 1 heterocycles. The number of rotatable bonds is 3. The van der Waals surface area contributed by atoms with E-state index in [9.17, 15) is 9.90 Å². The number of hydrogen-bond donors (Lipinski definition) is 3. The molecule has 0 atom stereocenters. The molecule has 0 radical (unpaired) electrons. The van der Waals surface area contributed by atoms with Crippen LogP contribution in [0.1, 0.15) is 20.8 Å². The monoisotopic (exact) mass is 286 g/mol. The van der Waals surface area contributed by atoms with Gasteiger partial charge in [-0.3, -0.25) is 4.79 Å². The molecule has 0 saturated carbocycles. The zero-order valence-corrected chi connectivity index (χ0v) is 11.5. The molecule has 1 aromatic heterocycles. The average Bonchev–Trinajstić information content (AvgIpc) is 2.90. The lowest BCUT2D eigenvalue weighted by molar-refractivity contribution is 0.0951. The van der Waals surface area contributed by atoms with Crippen molar-refractivity contribution in [3.63, 3.8) is 0 Å². The number of nitrogens with two attached hydrogens (primary N) is 1. The lowest BCUT2D eigenvalue weighted by Crippen LogP contribution is -2.22. The summed E-state index contributed by atoms with van der Waals surface area (Å²) < 4.78 is 0. The lowest BCUT2D eigenvalue weighted by atomic mass is 10.2. The third-order valence-electron chi connectivity index (χ3n) is 2.61. The molecule has 20 heavy (non-hydrogen) atoms. The van der Waals surface area contributed by atoms with Gasteiger partial charge in [-0.1, -0.05) is 11.8 Å². The van der Waals surface area contributed by atoms with Crippen LogP contribution in [0.5, 0.6) is 5.75 Å². The van der Waals surface area contributed by atoms with Gasteiger partial charge in [-0.05, 0) is 35.7 Å². The summed E-state index contributed by atoms with van der Waals surface area (Å²) in [6.07, 6.45) is 0. The fourth-order valence-electron chi connectivity index (χ4n) is 1.61. The molecule has 1 amide bonds. The van der Waals surface area contributed by atoms with Crippen LogP contribution in [-0.4, -0.2) is 17.6 Å². The highest BCUT2D eigenvalue weighted by Gasteiger charge is 2.07. The predicted molar refractivity (Wildman–Crippen MR) is 79.5 cm³/mol. The van der Waals surface area contributed by atoms with Crippen LogP contribution in [0.2, 0.25) is 0 Å². The molecule has 5 heteroatoms. The van der Waals surface area contributed by atoms with Crippen molar-refractivity contribution in [3.8, 4) is 17.6 Å². The number of carbonyl (C=O) groups is 1. The van der Waals surface area contributed by atoms with Gasteiger partial charge in [-0.2, -0.15) is 0 Å². The van der Waals surface area contributed by atoms with E-state index in [1.165, 1.54) is 12.1 Å². The summed E-state index contributed by atoms with van der Waals surface area (Å²) in [4.78, 5) is 12.9. The van der Waals surface area contributed by atoms with Crippen LogP contribution in [0.15, 0.2) is 35.7 Å². The van der Waals surface area contributed by atoms with Gasteiger partial charge in [0.25, 0.3) is 5.91 Å². The number of phenolic OH excluding ortho intramolecular Hbond substituents is 1. The summed E-state index contributed by atoms with van der Waals surface area (Å²) in [5, 5.41) is 13.9. The Kier molecular flexibility index (Phi) is 4.77. The van der Waals surface area contributed by atoms with E-state index in [-0.39, 0.29) is 11.7 Å². The van der Waals surface area contributed by atoms with Gasteiger partial charge >= 0.3 is 0 Å². The molecule has 0 fully saturated rings. The SMILES string of the molecule is NCC#Cc1ccsc1CNC(=O)c1ccc(O)cc1. The van der Waals surface area contributed by atoms with Crippen molar-refractivity contribution in [2.75, 3.05) is 6.54 Å². The number of aromatic hydroxyl groups is 1. The fourth-order valence-corrected chi connectivity index (χ4v) is 2.38. The van der Waals surface area contributed by atoms with E-state index in [0.717, 1.165) is 10.4 Å². The highest BCUT2D eigenvalue weighted by atomic mass is 32.1. The van der Waals surface area contributed by atoms with Crippen molar-refractivity contribution in [1.82, 2.24) is 5.32 Å². The van der Waals surface area contributed by atoms with E-state index in [2.05, 4.69) is 17.2 Å². The fraction of sp³-hybridized carbons (Fsp3) is 0.133. The average molecular weight is 286 g/mol. The van der Waals surface area contributed by atoms with Crippen molar-refractivity contribution < 1.29 is 9.90 Å². The molecule has 0 bridgehead atoms. The normalized spacial score (nSPS) is 9.65. The molecule has 2 aromatic rings. The summed E-state index contributed by atoms with van der Waals surface area (Å²) in [6, 6.07) is 8.04. The van der Waals surface area contributed by atoms with Gasteiger partial charge in [0.05, 0.1) is 13.1 Å². The standard InChI is InChI=1S/C15H14N2O2S/c16-8-1-2-11-7-9-20-14(11)10-17-15(19)12-3-5-13(18)6-4-12/h3-7,9,18H,8,10,16H2,(H,17,19). The van der Waals surface area contributed by atoms with Gasteiger partial charge in [-0.15, -0.1) is 11.3 Å². The number of hydrogen-bond acceptors (Lipinski definition) is 4. The molecule has 2 rings (SSSR count). The Morgan fingerprint density at radius 1 is 1.30 bits per heavy atom. The molecule has 0 spiro atoms. The van der Waals surface area contributed by atoms with Crippen molar-refractivity contribution in [2.24, 2.45) is 5.73 Å². The first-order chi connectivity index (χ1) is 9.70. The third kappa shape index (κ3) is 3.60. The molecule has 0 unspecified atom stereocenters. The summed E-state index contributed by atoms with van der Waals surface area (Å²) >= 11 is 1.54. The van der Waals surface area contributed by atoms with Crippen LogP contribution in [-0.2, 0) is 6.54 Å². The number of thiophene rings is 1. The number of amides is 1. The molecule has 4 N–H and O–H groups in total. The minimum atomic E-state index is -0.184. The number of phenols is 1. The third-order valence-corrected chi connectivity index (χ3v) is 3.53. The zero-order chi connectivity index (χ0) is 14.4. The molecular formula is C15H14N2O2S. The molecule has 1 aromatic carbocycles. The van der Waals surface area contributed by atoms with E-state index < -0.39 is 0 Å². The van der Waals surface area contributed by atoms with Crippen molar-refractivity contribution in [2.45, 2.75) is 6.54 Å². The summed E-state index contributed by atoms with van der Waals surface area (Å²) in [6.45, 7) is 0.737. The lowest BCUT2D eigenvalue weighted by Gasteiger charge is -2.04. The quantitative estimate of drug-likeness (QED) is 0.752. The Morgan fingerprint density at radius 2 is 2.05 bits per heavy atom. The Hall–Kier alpha value is -2.29. The molecular weight excluding hydrogens is 272 g/mol. The Morgan fingerprint density at radius 3 is 2.75 bits per heavy atom. The Bertz CT molecular complexity index is 651. The molecule has 4 nitrogen and oxygen atoms in total. The van der Waals surface area contributed by atoms with Crippen LogP contribution in [0.25, 0.3) is 0 Å². The maximum absolute atomic E-state index is 11.9. The minimum absolute atomic E-state index is 0.138. The first kappa shape index (κ1) is 14.1. The van der Waals surface area contributed by atoms with Crippen molar-refractivity contribution in [3.05, 3.63) is 51.7 Å². The Labute approximate surface area is 121 Å². The van der Waals surface area contributed by atoms with Crippen LogP contribution in [0.3, 0.4) is 0 Å². The van der Waals surface area contributed by atoms with Gasteiger partial charge < -0.3 is 16.2 Å². The van der Waals surface area contributed by atoms with E-state index in [1.54, 1.807) is 23.5 Å². The van der Waals surface area contributed by atoms with Crippen LogP contribution in [0, 0.1) is 11.8 Å². The van der Waals surface area contributed by atoms with Gasteiger partial charge in [0, 0.05) is 16.0 Å². The van der Waals surface area contributed by atoms with Crippen LogP contribution >= 0.6 is 11.3 Å².